The second-order valence-electron chi connectivity index (χ2n) is 10.5. The van der Waals surface area contributed by atoms with Gasteiger partial charge in [-0.05, 0) is 67.7 Å². The van der Waals surface area contributed by atoms with Crippen LogP contribution in [0.25, 0.3) is 0 Å². The number of hydrogen-bond acceptors (Lipinski definition) is 7. The second-order valence-corrected chi connectivity index (χ2v) is 12.5. The number of nitrogens with one attached hydrogen (secondary N) is 1. The van der Waals surface area contributed by atoms with Crippen molar-refractivity contribution in [3.05, 3.63) is 71.2 Å². The van der Waals surface area contributed by atoms with Crippen molar-refractivity contribution in [2.24, 2.45) is 0 Å². The molecule has 10 heteroatoms. The van der Waals surface area contributed by atoms with E-state index >= 15 is 0 Å². The average Bonchev–Trinajstić information content (AvgIpc) is 3.14. The van der Waals surface area contributed by atoms with Gasteiger partial charge < -0.3 is 15.3 Å². The van der Waals surface area contributed by atoms with Gasteiger partial charge in [-0.15, -0.1) is 0 Å². The van der Waals surface area contributed by atoms with E-state index in [2.05, 4.69) is 34.5 Å². The largest absolute Gasteiger partial charge is 0.481 e. The second kappa shape index (κ2) is 9.65. The van der Waals surface area contributed by atoms with Gasteiger partial charge in [0.05, 0.1) is 23.6 Å². The summed E-state index contributed by atoms with van der Waals surface area (Å²) in [5.74, 6) is -0.708. The summed E-state index contributed by atoms with van der Waals surface area (Å²) in [6, 6.07) is 15.1. The van der Waals surface area contributed by atoms with Crippen LogP contribution in [0.2, 0.25) is 0 Å². The Labute approximate surface area is 220 Å². The normalized spacial score (nSPS) is 23.6. The number of nitrogens with zero attached hydrogens (tertiary/aromatic N) is 3. The van der Waals surface area contributed by atoms with Gasteiger partial charge >= 0.3 is 5.97 Å². The third-order valence-corrected chi connectivity index (χ3v) is 9.82. The van der Waals surface area contributed by atoms with E-state index in [1.165, 1.54) is 17.7 Å². The van der Waals surface area contributed by atoms with Gasteiger partial charge in [0.2, 0.25) is 5.95 Å². The number of aromatic nitrogens is 2. The van der Waals surface area contributed by atoms with Crippen molar-refractivity contribution in [1.29, 1.82) is 0 Å². The van der Waals surface area contributed by atoms with Gasteiger partial charge in [-0.2, -0.15) is 4.98 Å². The van der Waals surface area contributed by atoms with Crippen molar-refractivity contribution >= 4 is 33.3 Å². The fourth-order valence-electron chi connectivity index (χ4n) is 6.29. The van der Waals surface area contributed by atoms with E-state index < -0.39 is 21.6 Å². The molecule has 0 aliphatic carbocycles. The zero-order chi connectivity index (χ0) is 26.4. The molecule has 1 aromatic heterocycles. The summed E-state index contributed by atoms with van der Waals surface area (Å²) in [6.45, 7) is 0. The van der Waals surface area contributed by atoms with Gasteiger partial charge in [0, 0.05) is 12.1 Å². The molecule has 2 saturated heterocycles. The number of carbonyl (C=O) groups is 1. The molecule has 0 saturated carbocycles. The quantitative estimate of drug-likeness (QED) is 0.469. The number of carboxylic acids is 1. The zero-order valence-corrected chi connectivity index (χ0v) is 21.6. The van der Waals surface area contributed by atoms with Crippen LogP contribution in [0, 0.1) is 5.82 Å². The topological polar surface area (TPSA) is 112 Å². The number of anilines is 3. The number of halogens is 1. The van der Waals surface area contributed by atoms with Crippen LogP contribution in [0.3, 0.4) is 0 Å². The van der Waals surface area contributed by atoms with Crippen LogP contribution in [0.5, 0.6) is 0 Å². The average molecular weight is 537 g/mol. The first-order valence-electron chi connectivity index (χ1n) is 13.0. The van der Waals surface area contributed by atoms with Crippen molar-refractivity contribution in [2.75, 3.05) is 16.0 Å². The number of benzene rings is 2. The van der Waals surface area contributed by atoms with E-state index in [-0.39, 0.29) is 40.7 Å². The minimum atomic E-state index is -3.64. The summed E-state index contributed by atoms with van der Waals surface area (Å²) in [4.78, 5) is 22.8. The molecule has 38 heavy (non-hydrogen) atoms. The van der Waals surface area contributed by atoms with Crippen molar-refractivity contribution < 1.29 is 22.7 Å². The first-order valence-corrected chi connectivity index (χ1v) is 14.7. The maximum absolute atomic E-state index is 14.9. The van der Waals surface area contributed by atoms with Crippen LogP contribution in [-0.2, 0) is 27.5 Å². The molecule has 3 aromatic rings. The molecule has 2 bridgehead atoms. The summed E-state index contributed by atoms with van der Waals surface area (Å²) < 4.78 is 41.1. The van der Waals surface area contributed by atoms with Gasteiger partial charge in [-0.25, -0.2) is 17.8 Å². The molecule has 0 radical (unpaired) electrons. The summed E-state index contributed by atoms with van der Waals surface area (Å²) >= 11 is 0. The minimum absolute atomic E-state index is 0.00879. The van der Waals surface area contributed by atoms with Crippen molar-refractivity contribution in [2.45, 2.75) is 67.8 Å². The molecule has 8 nitrogen and oxygen atoms in total. The number of aliphatic carboxylic acids is 1. The zero-order valence-electron chi connectivity index (χ0n) is 20.8. The molecule has 3 aliphatic rings. The highest BCUT2D eigenvalue weighted by Gasteiger charge is 2.43. The smallest absolute Gasteiger partial charge is 0.307 e. The van der Waals surface area contributed by atoms with Crippen LogP contribution >= 0.6 is 0 Å². The standard InChI is InChI=1S/C28H29FN4O4S/c29-22-13-17(14-25(34)35)8-11-23(22)30-27-26-24(7-4-12-38(26,36)37)31-28(32-27)33-20-9-10-21(33)16-19(15-20)18-5-2-1-3-6-18/h1-3,5-6,8,11,13,19-21H,4,7,9-10,12,14-16H2,(H,34,35)(H,30,31,32). The monoisotopic (exact) mass is 536 g/mol. The van der Waals surface area contributed by atoms with E-state index in [9.17, 15) is 17.6 Å². The lowest BCUT2D eigenvalue weighted by molar-refractivity contribution is -0.136. The Kier molecular flexibility index (Phi) is 6.29. The number of sulfone groups is 1. The first-order chi connectivity index (χ1) is 18.3. The highest BCUT2D eigenvalue weighted by molar-refractivity contribution is 7.91. The minimum Gasteiger partial charge on any atom is -0.481 e. The molecule has 0 spiro atoms. The van der Waals surface area contributed by atoms with Gasteiger partial charge in [0.1, 0.15) is 10.7 Å². The Balaban J connectivity index is 1.36. The molecule has 2 N–H and O–H groups in total. The van der Waals surface area contributed by atoms with Crippen molar-refractivity contribution in [3.63, 3.8) is 0 Å². The van der Waals surface area contributed by atoms with Gasteiger partial charge in [-0.1, -0.05) is 36.4 Å². The molecule has 2 unspecified atom stereocenters. The van der Waals surface area contributed by atoms with Crippen LogP contribution in [-0.4, -0.2) is 47.3 Å². The van der Waals surface area contributed by atoms with Gasteiger partial charge in [0.15, 0.2) is 15.7 Å². The van der Waals surface area contributed by atoms with Crippen LogP contribution in [0.15, 0.2) is 53.4 Å². The number of rotatable bonds is 6. The summed E-state index contributed by atoms with van der Waals surface area (Å²) in [5, 5.41) is 11.9. The van der Waals surface area contributed by atoms with E-state index in [1.807, 2.05) is 6.07 Å². The van der Waals surface area contributed by atoms with Gasteiger partial charge in [0.25, 0.3) is 0 Å². The lowest BCUT2D eigenvalue weighted by Gasteiger charge is -2.39. The Morgan fingerprint density at radius 2 is 1.82 bits per heavy atom. The molecule has 3 aliphatic heterocycles. The van der Waals surface area contributed by atoms with Crippen LogP contribution in [0.1, 0.15) is 54.8 Å². The molecule has 6 rings (SSSR count). The highest BCUT2D eigenvalue weighted by Crippen LogP contribution is 2.45. The van der Waals surface area contributed by atoms with Crippen molar-refractivity contribution in [3.8, 4) is 0 Å². The Morgan fingerprint density at radius 1 is 1.08 bits per heavy atom. The molecule has 4 heterocycles. The first kappa shape index (κ1) is 24.8. The Hall–Kier alpha value is -3.53. The summed E-state index contributed by atoms with van der Waals surface area (Å²) in [5.41, 5.74) is 2.16. The van der Waals surface area contributed by atoms with E-state index in [0.29, 0.717) is 36.0 Å². The fourth-order valence-corrected chi connectivity index (χ4v) is 7.91. The third-order valence-electron chi connectivity index (χ3n) is 7.94. The molecule has 0 amide bonds. The highest BCUT2D eigenvalue weighted by atomic mass is 32.2. The number of aryl methyl sites for hydroxylation is 1. The predicted molar refractivity (Wildman–Crippen MR) is 141 cm³/mol. The molecule has 2 aromatic carbocycles. The summed E-state index contributed by atoms with van der Waals surface area (Å²) in [6.07, 6.45) is 4.68. The molecular weight excluding hydrogens is 507 g/mol. The predicted octanol–water partition coefficient (Wildman–Crippen LogP) is 4.62. The Bertz CT molecular complexity index is 1480. The van der Waals surface area contributed by atoms with E-state index in [0.717, 1.165) is 31.7 Å². The maximum atomic E-state index is 14.9. The van der Waals surface area contributed by atoms with E-state index in [4.69, 9.17) is 15.1 Å². The van der Waals surface area contributed by atoms with Crippen LogP contribution < -0.4 is 10.2 Å². The number of hydrogen-bond donors (Lipinski definition) is 2. The third kappa shape index (κ3) is 4.62. The fraction of sp³-hybridized carbons (Fsp3) is 0.393. The lowest BCUT2D eigenvalue weighted by atomic mass is 9.85. The number of piperidine rings is 1. The summed E-state index contributed by atoms with van der Waals surface area (Å²) in [7, 11) is -3.64. The van der Waals surface area contributed by atoms with Crippen LogP contribution in [0.4, 0.5) is 21.8 Å². The maximum Gasteiger partial charge on any atom is 0.307 e. The van der Waals surface area contributed by atoms with Gasteiger partial charge in [-0.3, -0.25) is 4.79 Å². The molecular formula is C28H29FN4O4S. The van der Waals surface area contributed by atoms with Crippen molar-refractivity contribution in [1.82, 2.24) is 9.97 Å². The lowest BCUT2D eigenvalue weighted by Crippen LogP contribution is -2.43. The number of fused-ring (bicyclic) bond motifs is 3. The molecule has 198 valence electrons. The number of carboxylic acid groups (broad SMARTS) is 1. The van der Waals surface area contributed by atoms with E-state index in [1.54, 1.807) is 0 Å². The SMILES string of the molecule is O=C(O)Cc1ccc(Nc2nc(N3C4CCC3CC(c3ccccc3)C4)nc3c2S(=O)(=O)CCC3)c(F)c1. The molecule has 2 atom stereocenters. The molecule has 2 fully saturated rings. The Morgan fingerprint density at radius 3 is 2.50 bits per heavy atom.